The Hall–Kier alpha value is -1.11. The Morgan fingerprint density at radius 2 is 2.05 bits per heavy atom. The highest BCUT2D eigenvalue weighted by Gasteiger charge is 2.34. The predicted octanol–water partition coefficient (Wildman–Crippen LogP) is 4.33. The normalized spacial score (nSPS) is 17.3. The van der Waals surface area contributed by atoms with Crippen molar-refractivity contribution in [1.29, 1.82) is 0 Å². The first-order valence-corrected chi connectivity index (χ1v) is 6.69. The molecule has 0 aliphatic heterocycles. The minimum Gasteiger partial charge on any atom is -0.258 e. The van der Waals surface area contributed by atoms with Crippen molar-refractivity contribution < 1.29 is 18.1 Å². The van der Waals surface area contributed by atoms with E-state index in [-0.39, 0.29) is 4.83 Å². The van der Waals surface area contributed by atoms with Gasteiger partial charge in [-0.3, -0.25) is 10.1 Å². The summed E-state index contributed by atoms with van der Waals surface area (Å²) < 4.78 is 37.6. The van der Waals surface area contributed by atoms with Crippen LogP contribution in [0, 0.1) is 16.0 Å². The fourth-order valence-corrected chi connectivity index (χ4v) is 2.79. The molecule has 1 unspecified atom stereocenters. The fraction of sp³-hybridized carbons (Fsp3) is 0.500. The molecule has 19 heavy (non-hydrogen) atoms. The molecule has 2 rings (SSSR count). The van der Waals surface area contributed by atoms with Gasteiger partial charge >= 0.3 is 6.18 Å². The van der Waals surface area contributed by atoms with E-state index in [0.29, 0.717) is 24.0 Å². The summed E-state index contributed by atoms with van der Waals surface area (Å²) in [6.07, 6.45) is -2.07. The predicted molar refractivity (Wildman–Crippen MR) is 67.2 cm³/mol. The molecule has 0 bridgehead atoms. The minimum absolute atomic E-state index is 0.0861. The van der Waals surface area contributed by atoms with Gasteiger partial charge in [0.2, 0.25) is 0 Å². The monoisotopic (exact) mass is 337 g/mol. The average molecular weight is 338 g/mol. The number of benzene rings is 1. The lowest BCUT2D eigenvalue weighted by Gasteiger charge is -2.11. The zero-order chi connectivity index (χ0) is 14.2. The van der Waals surface area contributed by atoms with Crippen LogP contribution < -0.4 is 0 Å². The second-order valence-electron chi connectivity index (χ2n) is 4.66. The molecule has 0 heterocycles. The number of alkyl halides is 4. The molecule has 0 spiro atoms. The summed E-state index contributed by atoms with van der Waals surface area (Å²) in [5, 5.41) is 10.9. The molecule has 7 heteroatoms. The summed E-state index contributed by atoms with van der Waals surface area (Å²) in [4.78, 5) is 10.2. The molecule has 104 valence electrons. The maximum absolute atomic E-state index is 12.5. The van der Waals surface area contributed by atoms with E-state index in [1.165, 1.54) is 6.07 Å². The SMILES string of the molecule is O=[N+]([O-])c1cc(C(F)(F)F)ccc1CC(Br)C1CC1. The highest BCUT2D eigenvalue weighted by atomic mass is 79.9. The largest absolute Gasteiger partial charge is 0.416 e. The van der Waals surface area contributed by atoms with Crippen LogP contribution in [0.2, 0.25) is 0 Å². The van der Waals surface area contributed by atoms with Crippen LogP contribution in [0.15, 0.2) is 18.2 Å². The summed E-state index contributed by atoms with van der Waals surface area (Å²) in [7, 11) is 0. The molecule has 0 radical (unpaired) electrons. The van der Waals surface area contributed by atoms with E-state index in [0.717, 1.165) is 18.9 Å². The molecule has 0 aromatic heterocycles. The molecule has 0 saturated heterocycles. The summed E-state index contributed by atoms with van der Waals surface area (Å²) in [6.45, 7) is 0. The molecule has 0 N–H and O–H groups in total. The number of halogens is 4. The number of nitro groups is 1. The van der Waals surface area contributed by atoms with Crippen molar-refractivity contribution >= 4 is 21.6 Å². The van der Waals surface area contributed by atoms with Gasteiger partial charge < -0.3 is 0 Å². The van der Waals surface area contributed by atoms with Crippen molar-refractivity contribution in [1.82, 2.24) is 0 Å². The van der Waals surface area contributed by atoms with Crippen molar-refractivity contribution in [3.63, 3.8) is 0 Å². The first-order valence-electron chi connectivity index (χ1n) is 5.77. The fourth-order valence-electron chi connectivity index (χ4n) is 1.92. The van der Waals surface area contributed by atoms with E-state index in [1.807, 2.05) is 0 Å². The maximum atomic E-state index is 12.5. The van der Waals surface area contributed by atoms with Crippen LogP contribution in [0.3, 0.4) is 0 Å². The Morgan fingerprint density at radius 1 is 1.42 bits per heavy atom. The number of nitrogens with zero attached hydrogens (tertiary/aromatic N) is 1. The summed E-state index contributed by atoms with van der Waals surface area (Å²) >= 11 is 3.44. The molecule has 1 aromatic carbocycles. The molecular formula is C12H11BrF3NO2. The average Bonchev–Trinajstić information content (AvgIpc) is 3.11. The van der Waals surface area contributed by atoms with Gasteiger partial charge in [-0.25, -0.2) is 0 Å². The van der Waals surface area contributed by atoms with Gasteiger partial charge in [0.1, 0.15) is 0 Å². The highest BCUT2D eigenvalue weighted by molar-refractivity contribution is 9.09. The topological polar surface area (TPSA) is 43.1 Å². The van der Waals surface area contributed by atoms with E-state index < -0.39 is 22.4 Å². The Bertz CT molecular complexity index is 500. The lowest BCUT2D eigenvalue weighted by molar-refractivity contribution is -0.385. The van der Waals surface area contributed by atoms with Crippen molar-refractivity contribution in [2.24, 2.45) is 5.92 Å². The van der Waals surface area contributed by atoms with Crippen molar-refractivity contribution in [2.75, 3.05) is 0 Å². The third-order valence-electron chi connectivity index (χ3n) is 3.16. The van der Waals surface area contributed by atoms with E-state index in [4.69, 9.17) is 0 Å². The standard InChI is InChI=1S/C12H11BrF3NO2/c13-10(7-1-2-7)5-8-3-4-9(12(14,15)16)6-11(8)17(18)19/h3-4,6-7,10H,1-2,5H2. The Kier molecular flexibility index (Phi) is 3.85. The molecule has 1 aliphatic rings. The summed E-state index contributed by atoms with van der Waals surface area (Å²) in [6, 6.07) is 2.72. The lowest BCUT2D eigenvalue weighted by Crippen LogP contribution is -2.10. The molecule has 1 fully saturated rings. The summed E-state index contributed by atoms with van der Waals surface area (Å²) in [5.41, 5.74) is -1.10. The number of hydrogen-bond acceptors (Lipinski definition) is 2. The van der Waals surface area contributed by atoms with Crippen molar-refractivity contribution in [3.8, 4) is 0 Å². The van der Waals surface area contributed by atoms with E-state index in [2.05, 4.69) is 15.9 Å². The minimum atomic E-state index is -4.56. The molecule has 3 nitrogen and oxygen atoms in total. The third kappa shape index (κ3) is 3.46. The Balaban J connectivity index is 2.29. The molecule has 1 aromatic rings. The van der Waals surface area contributed by atoms with E-state index in [1.54, 1.807) is 0 Å². The van der Waals surface area contributed by atoms with Crippen LogP contribution in [0.1, 0.15) is 24.0 Å². The van der Waals surface area contributed by atoms with Crippen LogP contribution in [-0.2, 0) is 12.6 Å². The van der Waals surface area contributed by atoms with Crippen LogP contribution >= 0.6 is 15.9 Å². The Morgan fingerprint density at radius 3 is 2.53 bits per heavy atom. The van der Waals surface area contributed by atoms with Crippen molar-refractivity contribution in [3.05, 3.63) is 39.4 Å². The molecule has 1 aliphatic carbocycles. The van der Waals surface area contributed by atoms with Gasteiger partial charge in [-0.05, 0) is 31.2 Å². The van der Waals surface area contributed by atoms with Gasteiger partial charge in [0.05, 0.1) is 10.5 Å². The maximum Gasteiger partial charge on any atom is 0.416 e. The van der Waals surface area contributed by atoms with Gasteiger partial charge in [-0.2, -0.15) is 13.2 Å². The second kappa shape index (κ2) is 5.11. The van der Waals surface area contributed by atoms with Crippen LogP contribution in [0.5, 0.6) is 0 Å². The number of nitro benzene ring substituents is 1. The smallest absolute Gasteiger partial charge is 0.258 e. The first-order chi connectivity index (χ1) is 8.79. The van der Waals surface area contributed by atoms with Crippen molar-refractivity contribution in [2.45, 2.75) is 30.3 Å². The van der Waals surface area contributed by atoms with E-state index in [9.17, 15) is 23.3 Å². The van der Waals surface area contributed by atoms with Gasteiger partial charge in [-0.1, -0.05) is 22.0 Å². The number of hydrogen-bond donors (Lipinski definition) is 0. The Labute approximate surface area is 116 Å². The molecular weight excluding hydrogens is 327 g/mol. The lowest BCUT2D eigenvalue weighted by atomic mass is 10.0. The van der Waals surface area contributed by atoms with Gasteiger partial charge in [-0.15, -0.1) is 0 Å². The zero-order valence-electron chi connectivity index (χ0n) is 9.78. The zero-order valence-corrected chi connectivity index (χ0v) is 11.4. The van der Waals surface area contributed by atoms with E-state index >= 15 is 0 Å². The van der Waals surface area contributed by atoms with Crippen LogP contribution in [-0.4, -0.2) is 9.75 Å². The third-order valence-corrected chi connectivity index (χ3v) is 4.23. The molecule has 0 amide bonds. The number of rotatable bonds is 4. The second-order valence-corrected chi connectivity index (χ2v) is 5.83. The highest BCUT2D eigenvalue weighted by Crippen LogP contribution is 2.40. The molecule has 1 saturated carbocycles. The first kappa shape index (κ1) is 14.3. The summed E-state index contributed by atoms with van der Waals surface area (Å²) in [5.74, 6) is 0.474. The van der Waals surface area contributed by atoms with Crippen LogP contribution in [0.25, 0.3) is 0 Å². The molecule has 1 atom stereocenters. The van der Waals surface area contributed by atoms with Gasteiger partial charge in [0.15, 0.2) is 0 Å². The van der Waals surface area contributed by atoms with Crippen LogP contribution in [0.4, 0.5) is 18.9 Å². The quantitative estimate of drug-likeness (QED) is 0.466. The van der Waals surface area contributed by atoms with Gasteiger partial charge in [0.25, 0.3) is 5.69 Å². The van der Waals surface area contributed by atoms with Gasteiger partial charge in [0, 0.05) is 16.5 Å².